The second-order valence-corrected chi connectivity index (χ2v) is 0.167. The van der Waals surface area contributed by atoms with E-state index < -0.39 is 0 Å². The van der Waals surface area contributed by atoms with Gasteiger partial charge in [0.25, 0.3) is 0 Å². The summed E-state index contributed by atoms with van der Waals surface area (Å²) >= 11 is 0. The van der Waals surface area contributed by atoms with Crippen molar-refractivity contribution in [1.82, 2.24) is 0 Å². The first-order valence-corrected chi connectivity index (χ1v) is 0.644. The van der Waals surface area contributed by atoms with Gasteiger partial charge in [0, 0.05) is 6.92 Å². The van der Waals surface area contributed by atoms with E-state index in [1.54, 1.807) is 0 Å². The van der Waals surface area contributed by atoms with Crippen LogP contribution in [-0.2, 0) is 4.79 Å². The normalized spacial score (nSPS) is 3.25. The number of carbonyl (C=O) groups excluding carboxylic acids is 1. The van der Waals surface area contributed by atoms with Crippen molar-refractivity contribution in [3.63, 3.8) is 0 Å². The van der Waals surface area contributed by atoms with Crippen LogP contribution >= 0.6 is 0 Å². The Morgan fingerprint density at radius 1 is 1.75 bits per heavy atom. The standard InChI is InChI=1S/C2H3O.Na.H/c1-2-3;;/h2H,1H2;;. The van der Waals surface area contributed by atoms with Gasteiger partial charge in [-0.25, -0.2) is 0 Å². The number of aldehydes is 1. The molecule has 0 bridgehead atoms. The molecule has 0 aliphatic heterocycles. The molecule has 0 atom stereocenters. The average Bonchev–Trinajstić information content (AvgIpc) is 0.918. The van der Waals surface area contributed by atoms with Gasteiger partial charge >= 0.3 is 29.6 Å². The van der Waals surface area contributed by atoms with Crippen molar-refractivity contribution < 1.29 is 4.79 Å². The summed E-state index contributed by atoms with van der Waals surface area (Å²) in [5.74, 6) is 0. The first-order valence-electron chi connectivity index (χ1n) is 0.644. The fourth-order valence-corrected chi connectivity index (χ4v) is 0. The van der Waals surface area contributed by atoms with Crippen molar-refractivity contribution in [1.29, 1.82) is 0 Å². The predicted molar refractivity (Wildman–Crippen MR) is 18.6 cm³/mol. The summed E-state index contributed by atoms with van der Waals surface area (Å²) in [6.45, 7) is 2.81. The monoisotopic (exact) mass is 67.0 g/mol. The van der Waals surface area contributed by atoms with Crippen molar-refractivity contribution in [2.75, 3.05) is 0 Å². The Bertz CT molecular complexity index is 13.5. The number of carbonyl (C=O) groups is 1. The molecule has 4 heavy (non-hydrogen) atoms. The number of hydrogen-bond donors (Lipinski definition) is 0. The molecule has 1 radical (unpaired) electrons. The zero-order chi connectivity index (χ0) is 2.71. The Kier molecular flexibility index (Phi) is 20.7. The number of rotatable bonds is 0. The third kappa shape index (κ3) is 16.6. The zero-order valence-corrected chi connectivity index (χ0v) is 1.69. The first kappa shape index (κ1) is 8.82. The van der Waals surface area contributed by atoms with Crippen LogP contribution in [0.3, 0.4) is 0 Å². The van der Waals surface area contributed by atoms with E-state index >= 15 is 0 Å². The van der Waals surface area contributed by atoms with Gasteiger partial charge in [-0.05, 0) is 0 Å². The molecule has 0 unspecified atom stereocenters. The maximum atomic E-state index is 8.69. The first-order chi connectivity index (χ1) is 1.41. The molecule has 0 saturated heterocycles. The van der Waals surface area contributed by atoms with E-state index in [2.05, 4.69) is 6.92 Å². The van der Waals surface area contributed by atoms with Crippen molar-refractivity contribution in [3.05, 3.63) is 6.92 Å². The van der Waals surface area contributed by atoms with Gasteiger partial charge in [-0.3, -0.25) is 0 Å². The summed E-state index contributed by atoms with van der Waals surface area (Å²) in [5, 5.41) is 0. The molecule has 0 amide bonds. The summed E-state index contributed by atoms with van der Waals surface area (Å²) in [4.78, 5) is 8.69. The van der Waals surface area contributed by atoms with Crippen LogP contribution in [0.25, 0.3) is 0 Å². The summed E-state index contributed by atoms with van der Waals surface area (Å²) < 4.78 is 0. The van der Waals surface area contributed by atoms with E-state index in [0.717, 1.165) is 0 Å². The van der Waals surface area contributed by atoms with Crippen LogP contribution in [0.1, 0.15) is 0 Å². The predicted octanol–water partition coefficient (Wildman–Crippen LogP) is -0.629. The van der Waals surface area contributed by atoms with Crippen LogP contribution in [-0.4, -0.2) is 35.8 Å². The van der Waals surface area contributed by atoms with E-state index in [0.29, 0.717) is 6.29 Å². The molecule has 0 aromatic carbocycles. The van der Waals surface area contributed by atoms with Crippen molar-refractivity contribution in [2.45, 2.75) is 0 Å². The topological polar surface area (TPSA) is 17.1 Å². The maximum absolute atomic E-state index is 8.69. The van der Waals surface area contributed by atoms with Gasteiger partial charge in [-0.2, -0.15) is 0 Å². The molecule has 0 saturated carbocycles. The second-order valence-electron chi connectivity index (χ2n) is 0.167. The third-order valence-electron chi connectivity index (χ3n) is 0. The van der Waals surface area contributed by atoms with Crippen LogP contribution in [0, 0.1) is 6.92 Å². The van der Waals surface area contributed by atoms with E-state index in [1.807, 2.05) is 0 Å². The van der Waals surface area contributed by atoms with Crippen molar-refractivity contribution in [2.24, 2.45) is 0 Å². The molecule has 1 nitrogen and oxygen atoms in total. The zero-order valence-electron chi connectivity index (χ0n) is 1.69. The molecule has 0 rings (SSSR count). The minimum absolute atomic E-state index is 0. The van der Waals surface area contributed by atoms with E-state index in [-0.39, 0.29) is 29.6 Å². The van der Waals surface area contributed by atoms with Crippen molar-refractivity contribution >= 4 is 35.8 Å². The van der Waals surface area contributed by atoms with Gasteiger partial charge in [-0.1, -0.05) is 0 Å². The van der Waals surface area contributed by atoms with E-state index in [9.17, 15) is 0 Å². The molecular formula is C2H4NaO. The summed E-state index contributed by atoms with van der Waals surface area (Å²) in [7, 11) is 0. The molecule has 0 aliphatic carbocycles. The molecule has 0 aromatic rings. The van der Waals surface area contributed by atoms with E-state index in [4.69, 9.17) is 4.79 Å². The van der Waals surface area contributed by atoms with Gasteiger partial charge in [0.2, 0.25) is 0 Å². The Labute approximate surface area is 47.7 Å². The molecule has 2 heteroatoms. The Morgan fingerprint density at radius 3 is 1.75 bits per heavy atom. The van der Waals surface area contributed by atoms with Crippen LogP contribution < -0.4 is 0 Å². The van der Waals surface area contributed by atoms with E-state index in [1.165, 1.54) is 0 Å². The molecule has 0 heterocycles. The number of hydrogen-bond acceptors (Lipinski definition) is 1. The SMILES string of the molecule is [CH2]C=O.[NaH]. The Balaban J connectivity index is 0. The fourth-order valence-electron chi connectivity index (χ4n) is 0. The van der Waals surface area contributed by atoms with Crippen LogP contribution in [0.4, 0.5) is 0 Å². The molecule has 0 spiro atoms. The molecular weight excluding hydrogens is 63.0 g/mol. The second kappa shape index (κ2) is 9.38. The van der Waals surface area contributed by atoms with Crippen LogP contribution in [0.15, 0.2) is 0 Å². The van der Waals surface area contributed by atoms with Gasteiger partial charge in [0.05, 0.1) is 0 Å². The van der Waals surface area contributed by atoms with Crippen molar-refractivity contribution in [3.8, 4) is 0 Å². The van der Waals surface area contributed by atoms with Gasteiger partial charge in [-0.15, -0.1) is 0 Å². The third-order valence-corrected chi connectivity index (χ3v) is 0. The van der Waals surface area contributed by atoms with Gasteiger partial charge in [0.1, 0.15) is 6.29 Å². The molecule has 19 valence electrons. The quantitative estimate of drug-likeness (QED) is 0.272. The molecule has 0 aliphatic rings. The summed E-state index contributed by atoms with van der Waals surface area (Å²) in [5.41, 5.74) is 0. The summed E-state index contributed by atoms with van der Waals surface area (Å²) in [6.07, 6.45) is 0.500. The van der Waals surface area contributed by atoms with Gasteiger partial charge in [0.15, 0.2) is 0 Å². The van der Waals surface area contributed by atoms with Crippen LogP contribution in [0.5, 0.6) is 0 Å². The minimum atomic E-state index is 0. The van der Waals surface area contributed by atoms with Crippen LogP contribution in [0.2, 0.25) is 0 Å². The Morgan fingerprint density at radius 2 is 1.75 bits per heavy atom. The molecule has 0 N–H and O–H groups in total. The van der Waals surface area contributed by atoms with Gasteiger partial charge < -0.3 is 4.79 Å². The summed E-state index contributed by atoms with van der Waals surface area (Å²) in [6, 6.07) is 0. The molecule has 0 fully saturated rings. The molecule has 0 aromatic heterocycles. The average molecular weight is 67.0 g/mol. The fraction of sp³-hybridized carbons (Fsp3) is 0. The Hall–Kier alpha value is 0.670.